The molecule has 0 atom stereocenters. The van der Waals surface area contributed by atoms with Gasteiger partial charge in [-0.25, -0.2) is 9.59 Å². The summed E-state index contributed by atoms with van der Waals surface area (Å²) in [6, 6.07) is 20.5. The topological polar surface area (TPSA) is 104 Å². The summed E-state index contributed by atoms with van der Waals surface area (Å²) in [5.74, 6) is -0.815. The van der Waals surface area contributed by atoms with E-state index in [9.17, 15) is 14.7 Å². The summed E-state index contributed by atoms with van der Waals surface area (Å²) >= 11 is 3.55. The molecule has 10 heteroatoms. The van der Waals surface area contributed by atoms with Crippen LogP contribution in [0.4, 0.5) is 16.2 Å². The lowest BCUT2D eigenvalue weighted by molar-refractivity contribution is 0.0689. The summed E-state index contributed by atoms with van der Waals surface area (Å²) in [6.07, 6.45) is 1.50. The van der Waals surface area contributed by atoms with Gasteiger partial charge in [-0.2, -0.15) is 0 Å². The number of ether oxygens (including phenoxy) is 2. The van der Waals surface area contributed by atoms with E-state index in [4.69, 9.17) is 9.47 Å². The molecule has 206 valence electrons. The number of nitrogens with zero attached hydrogens (tertiary/aromatic N) is 3. The van der Waals surface area contributed by atoms with Crippen molar-refractivity contribution in [3.05, 3.63) is 94.1 Å². The van der Waals surface area contributed by atoms with Gasteiger partial charge in [0.1, 0.15) is 17.9 Å². The van der Waals surface area contributed by atoms with E-state index in [2.05, 4.69) is 31.1 Å². The first kappa shape index (κ1) is 27.4. The molecule has 5 rings (SSSR count). The van der Waals surface area contributed by atoms with Gasteiger partial charge in [0.15, 0.2) is 0 Å². The van der Waals surface area contributed by atoms with Crippen molar-refractivity contribution in [2.45, 2.75) is 13.2 Å². The number of hydrogen-bond acceptors (Lipinski definition) is 7. The van der Waals surface area contributed by atoms with Gasteiger partial charge < -0.3 is 24.8 Å². The van der Waals surface area contributed by atoms with Gasteiger partial charge in [-0.1, -0.05) is 52.3 Å². The van der Waals surface area contributed by atoms with E-state index >= 15 is 0 Å². The summed E-state index contributed by atoms with van der Waals surface area (Å²) in [7, 11) is 1.45. The summed E-state index contributed by atoms with van der Waals surface area (Å²) in [6.45, 7) is 3.22. The molecule has 2 heterocycles. The molecule has 1 aliphatic heterocycles. The van der Waals surface area contributed by atoms with E-state index in [1.54, 1.807) is 23.1 Å². The molecular formula is C30H29BrN4O5. The Morgan fingerprint density at radius 3 is 2.52 bits per heavy atom. The number of amides is 1. The lowest BCUT2D eigenvalue weighted by Crippen LogP contribution is -2.48. The SMILES string of the molecule is COc1cccc(Nc2c(CN3CCN(C(=O)OCc4ccccc4)CC3)cnc3ccc(Br)cc23)c1C(=O)O. The Balaban J connectivity index is 1.34. The molecule has 0 bridgehead atoms. The lowest BCUT2D eigenvalue weighted by atomic mass is 10.1. The Morgan fingerprint density at radius 1 is 1.02 bits per heavy atom. The van der Waals surface area contributed by atoms with Crippen LogP contribution in [0.15, 0.2) is 77.4 Å². The van der Waals surface area contributed by atoms with E-state index < -0.39 is 5.97 Å². The van der Waals surface area contributed by atoms with Crippen LogP contribution in [0.3, 0.4) is 0 Å². The van der Waals surface area contributed by atoms with Gasteiger partial charge in [-0.3, -0.25) is 9.88 Å². The molecule has 1 amide bonds. The van der Waals surface area contributed by atoms with Crippen LogP contribution in [-0.4, -0.2) is 65.2 Å². The number of halogens is 1. The molecule has 9 nitrogen and oxygen atoms in total. The van der Waals surface area contributed by atoms with Gasteiger partial charge in [0, 0.05) is 54.3 Å². The molecule has 0 radical (unpaired) electrons. The van der Waals surface area contributed by atoms with E-state index in [1.807, 2.05) is 54.7 Å². The molecule has 0 aliphatic carbocycles. The number of carbonyl (C=O) groups excluding carboxylic acids is 1. The Hall–Kier alpha value is -4.15. The Bertz CT molecular complexity index is 1520. The number of methoxy groups -OCH3 is 1. The van der Waals surface area contributed by atoms with Gasteiger partial charge in [-0.15, -0.1) is 0 Å². The monoisotopic (exact) mass is 604 g/mol. The third-order valence-electron chi connectivity index (χ3n) is 6.86. The highest BCUT2D eigenvalue weighted by Crippen LogP contribution is 2.35. The predicted molar refractivity (Wildman–Crippen MR) is 156 cm³/mol. The molecular weight excluding hydrogens is 576 g/mol. The smallest absolute Gasteiger partial charge is 0.410 e. The maximum atomic E-state index is 12.6. The van der Waals surface area contributed by atoms with Crippen molar-refractivity contribution in [1.29, 1.82) is 0 Å². The van der Waals surface area contributed by atoms with Crippen LogP contribution in [-0.2, 0) is 17.9 Å². The minimum atomic E-state index is -1.09. The van der Waals surface area contributed by atoms with Crippen molar-refractivity contribution >= 4 is 50.3 Å². The molecule has 3 aromatic carbocycles. The van der Waals surface area contributed by atoms with Crippen molar-refractivity contribution in [2.75, 3.05) is 38.6 Å². The van der Waals surface area contributed by atoms with Gasteiger partial charge in [0.05, 0.1) is 24.0 Å². The quantitative estimate of drug-likeness (QED) is 0.256. The highest BCUT2D eigenvalue weighted by Gasteiger charge is 2.24. The summed E-state index contributed by atoms with van der Waals surface area (Å²) in [5.41, 5.74) is 3.88. The lowest BCUT2D eigenvalue weighted by Gasteiger charge is -2.34. The number of piperazine rings is 1. The van der Waals surface area contributed by atoms with Crippen LogP contribution < -0.4 is 10.1 Å². The van der Waals surface area contributed by atoms with Gasteiger partial charge >= 0.3 is 12.1 Å². The van der Waals surface area contributed by atoms with Crippen LogP contribution in [0.1, 0.15) is 21.5 Å². The molecule has 0 unspecified atom stereocenters. The summed E-state index contributed by atoms with van der Waals surface area (Å²) in [4.78, 5) is 33.4. The highest BCUT2D eigenvalue weighted by molar-refractivity contribution is 9.10. The fourth-order valence-electron chi connectivity index (χ4n) is 4.77. The Morgan fingerprint density at radius 2 is 1.80 bits per heavy atom. The van der Waals surface area contributed by atoms with Crippen LogP contribution in [0.5, 0.6) is 5.75 Å². The zero-order valence-corrected chi connectivity index (χ0v) is 23.6. The number of benzene rings is 3. The Kier molecular flexibility index (Phi) is 8.47. The van der Waals surface area contributed by atoms with Crippen molar-refractivity contribution in [1.82, 2.24) is 14.8 Å². The number of carboxylic acids is 1. The fraction of sp³-hybridized carbons (Fsp3) is 0.233. The molecule has 1 aromatic heterocycles. The third-order valence-corrected chi connectivity index (χ3v) is 7.35. The minimum absolute atomic E-state index is 0.0542. The van der Waals surface area contributed by atoms with Gasteiger partial charge in [-0.05, 0) is 35.9 Å². The predicted octanol–water partition coefficient (Wildman–Crippen LogP) is 5.90. The molecule has 0 saturated carbocycles. The second-order valence-corrected chi connectivity index (χ2v) is 10.4. The number of aromatic carboxylic acids is 1. The first-order valence-corrected chi connectivity index (χ1v) is 13.6. The molecule has 1 fully saturated rings. The highest BCUT2D eigenvalue weighted by atomic mass is 79.9. The number of aromatic nitrogens is 1. The number of fused-ring (bicyclic) bond motifs is 1. The third kappa shape index (κ3) is 6.19. The second-order valence-electron chi connectivity index (χ2n) is 9.44. The van der Waals surface area contributed by atoms with E-state index in [0.717, 1.165) is 32.2 Å². The Labute approximate surface area is 240 Å². The average molecular weight is 605 g/mol. The number of anilines is 2. The number of nitrogens with one attached hydrogen (secondary N) is 1. The fourth-order valence-corrected chi connectivity index (χ4v) is 5.14. The molecule has 40 heavy (non-hydrogen) atoms. The molecule has 2 N–H and O–H groups in total. The molecule has 1 aliphatic rings. The average Bonchev–Trinajstić information content (AvgIpc) is 2.97. The maximum absolute atomic E-state index is 12.6. The van der Waals surface area contributed by atoms with Crippen molar-refractivity contribution in [2.24, 2.45) is 0 Å². The van der Waals surface area contributed by atoms with E-state index in [-0.39, 0.29) is 24.0 Å². The number of hydrogen-bond donors (Lipinski definition) is 2. The summed E-state index contributed by atoms with van der Waals surface area (Å²) < 4.78 is 11.7. The molecule has 0 spiro atoms. The van der Waals surface area contributed by atoms with Crippen molar-refractivity contribution in [3.8, 4) is 5.75 Å². The zero-order chi connectivity index (χ0) is 28.1. The standard InChI is InChI=1S/C30H29BrN4O5/c1-39-26-9-5-8-25(27(26)29(36)37)33-28-21(17-32-24-11-10-22(31)16-23(24)28)18-34-12-14-35(15-13-34)30(38)40-19-20-6-3-2-4-7-20/h2-11,16-17H,12-15,18-19H2,1H3,(H,32,33)(H,36,37). The van der Waals surface area contributed by atoms with E-state index in [0.29, 0.717) is 38.4 Å². The van der Waals surface area contributed by atoms with Crippen LogP contribution in [0, 0.1) is 0 Å². The van der Waals surface area contributed by atoms with Crippen molar-refractivity contribution in [3.63, 3.8) is 0 Å². The normalized spacial score (nSPS) is 13.7. The van der Waals surface area contributed by atoms with Crippen LogP contribution >= 0.6 is 15.9 Å². The number of rotatable bonds is 8. The molecule has 1 saturated heterocycles. The maximum Gasteiger partial charge on any atom is 0.410 e. The van der Waals surface area contributed by atoms with E-state index in [1.165, 1.54) is 7.11 Å². The van der Waals surface area contributed by atoms with Crippen LogP contribution in [0.25, 0.3) is 10.9 Å². The van der Waals surface area contributed by atoms with Gasteiger partial charge in [0.2, 0.25) is 0 Å². The largest absolute Gasteiger partial charge is 0.496 e. The first-order valence-electron chi connectivity index (χ1n) is 12.9. The number of pyridine rings is 1. The number of carboxylic acid groups (broad SMARTS) is 1. The van der Waals surface area contributed by atoms with Crippen molar-refractivity contribution < 1.29 is 24.2 Å². The number of carbonyl (C=O) groups is 2. The zero-order valence-electron chi connectivity index (χ0n) is 22.0. The minimum Gasteiger partial charge on any atom is -0.496 e. The first-order chi connectivity index (χ1) is 19.4. The molecule has 4 aromatic rings. The van der Waals surface area contributed by atoms with Crippen LogP contribution in [0.2, 0.25) is 0 Å². The second kappa shape index (κ2) is 12.4. The van der Waals surface area contributed by atoms with Gasteiger partial charge in [0.25, 0.3) is 0 Å². The summed E-state index contributed by atoms with van der Waals surface area (Å²) in [5, 5.41) is 14.2.